The summed E-state index contributed by atoms with van der Waals surface area (Å²) in [5.74, 6) is -0.198. The lowest BCUT2D eigenvalue weighted by atomic mass is 9.85. The Balaban J connectivity index is 1.44. The molecule has 11 nitrogen and oxygen atoms in total. The molecule has 0 atom stereocenters. The van der Waals surface area contributed by atoms with Gasteiger partial charge in [0.2, 0.25) is 0 Å². The molecule has 1 aliphatic heterocycles. The zero-order valence-corrected chi connectivity index (χ0v) is 24.8. The first kappa shape index (κ1) is 29.0. The van der Waals surface area contributed by atoms with Gasteiger partial charge < -0.3 is 10.4 Å². The highest BCUT2D eigenvalue weighted by Crippen LogP contribution is 2.30. The molecule has 1 aliphatic rings. The van der Waals surface area contributed by atoms with Crippen LogP contribution in [0.3, 0.4) is 0 Å². The molecule has 6 rings (SSSR count). The molecule has 0 saturated carbocycles. The summed E-state index contributed by atoms with van der Waals surface area (Å²) in [7, 11) is 3.57. The number of benzene rings is 2. The van der Waals surface area contributed by atoms with Crippen LogP contribution in [0.25, 0.3) is 27.7 Å². The molecule has 0 radical (unpaired) electrons. The Morgan fingerprint density at radius 3 is 2.61 bits per heavy atom. The van der Waals surface area contributed by atoms with E-state index in [1.54, 1.807) is 50.2 Å². The van der Waals surface area contributed by atoms with Crippen molar-refractivity contribution in [3.05, 3.63) is 98.1 Å². The number of aliphatic hydroxyl groups is 1. The minimum Gasteiger partial charge on any atom is -0.392 e. The first-order valence-corrected chi connectivity index (χ1v) is 14.1. The second-order valence-electron chi connectivity index (χ2n) is 11.6. The second kappa shape index (κ2) is 10.9. The van der Waals surface area contributed by atoms with Crippen LogP contribution < -0.4 is 16.4 Å². The summed E-state index contributed by atoms with van der Waals surface area (Å²) in [4.78, 5) is 28.9. The maximum absolute atomic E-state index is 15.4. The molecule has 0 unspecified atom stereocenters. The molecule has 0 bridgehead atoms. The summed E-state index contributed by atoms with van der Waals surface area (Å²) < 4.78 is 19.8. The molecule has 4 heterocycles. The van der Waals surface area contributed by atoms with Crippen molar-refractivity contribution in [3.8, 4) is 23.0 Å². The van der Waals surface area contributed by atoms with E-state index in [0.717, 1.165) is 25.3 Å². The molecule has 3 aromatic heterocycles. The predicted molar refractivity (Wildman–Crippen MR) is 164 cm³/mol. The third-order valence-electron chi connectivity index (χ3n) is 8.12. The van der Waals surface area contributed by atoms with Crippen molar-refractivity contribution in [2.45, 2.75) is 39.0 Å². The zero-order valence-electron chi connectivity index (χ0n) is 24.8. The third-order valence-corrected chi connectivity index (χ3v) is 8.12. The Morgan fingerprint density at radius 1 is 1.07 bits per heavy atom. The molecule has 2 aromatic carbocycles. The highest BCUT2D eigenvalue weighted by molar-refractivity contribution is 5.84. The van der Waals surface area contributed by atoms with E-state index in [1.165, 1.54) is 28.6 Å². The maximum Gasteiger partial charge on any atom is 0.290 e. The highest BCUT2D eigenvalue weighted by Gasteiger charge is 2.24. The van der Waals surface area contributed by atoms with E-state index < -0.39 is 23.4 Å². The average Bonchev–Trinajstić information content (AvgIpc) is 3.40. The molecule has 0 aliphatic carbocycles. The van der Waals surface area contributed by atoms with Crippen molar-refractivity contribution in [2.75, 3.05) is 18.9 Å². The fourth-order valence-corrected chi connectivity index (χ4v) is 5.58. The van der Waals surface area contributed by atoms with Crippen molar-refractivity contribution in [1.29, 1.82) is 5.26 Å². The van der Waals surface area contributed by atoms with Gasteiger partial charge in [0.15, 0.2) is 5.82 Å². The van der Waals surface area contributed by atoms with Crippen LogP contribution >= 0.6 is 0 Å². The Kier molecular flexibility index (Phi) is 7.15. The average molecular weight is 595 g/mol. The third kappa shape index (κ3) is 4.96. The number of halogens is 1. The van der Waals surface area contributed by atoms with Crippen LogP contribution in [-0.4, -0.2) is 47.7 Å². The Labute approximate surface area is 252 Å². The number of nitriles is 1. The van der Waals surface area contributed by atoms with E-state index in [-0.39, 0.29) is 16.6 Å². The number of aromatic nitrogens is 5. The van der Waals surface area contributed by atoms with Gasteiger partial charge in [0.25, 0.3) is 11.1 Å². The molecule has 2 N–H and O–H groups in total. The molecular weight excluding hydrogens is 563 g/mol. The van der Waals surface area contributed by atoms with Crippen molar-refractivity contribution < 1.29 is 9.50 Å². The number of fused-ring (bicyclic) bond motifs is 2. The number of pyridine rings is 1. The fraction of sp³-hybridized carbons (Fsp3) is 0.281. The number of likely N-dealkylation sites (N-methyl/N-ethyl adjacent to an activating group) is 1. The van der Waals surface area contributed by atoms with Crippen LogP contribution in [0.5, 0.6) is 0 Å². The maximum atomic E-state index is 15.4. The standard InChI is InChI=1S/C32H31FN8O3/c1-32(2,18-34)20-12-19-8-9-40(31(44)29(19)24(33)13-20)27-7-5-6-22(23(27)17-42)25-15-26(30(43)39(4)36-25)35-28-14-21-16-38(3)10-11-41(21)37-28/h5-9,12-15,42H,10-11,16-17H2,1-4H3,(H,35,37). The fourth-order valence-electron chi connectivity index (χ4n) is 5.58. The van der Waals surface area contributed by atoms with E-state index in [1.807, 2.05) is 17.8 Å². The highest BCUT2D eigenvalue weighted by atomic mass is 19.1. The predicted octanol–water partition coefficient (Wildman–Crippen LogP) is 3.57. The largest absolute Gasteiger partial charge is 0.392 e. The molecule has 5 aromatic rings. The zero-order chi connectivity index (χ0) is 31.3. The van der Waals surface area contributed by atoms with E-state index in [0.29, 0.717) is 39.3 Å². The van der Waals surface area contributed by atoms with Crippen molar-refractivity contribution >= 4 is 22.3 Å². The van der Waals surface area contributed by atoms with Crippen LogP contribution in [-0.2, 0) is 32.2 Å². The number of aryl methyl sites for hydroxylation is 1. The van der Waals surface area contributed by atoms with E-state index >= 15 is 4.39 Å². The Hall–Kier alpha value is -5.12. The summed E-state index contributed by atoms with van der Waals surface area (Å²) in [6.45, 7) is 5.29. The Bertz CT molecular complexity index is 2100. The molecule has 0 amide bonds. The number of nitrogens with one attached hydrogen (secondary N) is 1. The van der Waals surface area contributed by atoms with Crippen molar-refractivity contribution in [2.24, 2.45) is 7.05 Å². The Morgan fingerprint density at radius 2 is 1.86 bits per heavy atom. The van der Waals surface area contributed by atoms with Gasteiger partial charge in [-0.2, -0.15) is 15.5 Å². The molecule has 0 fully saturated rings. The summed E-state index contributed by atoms with van der Waals surface area (Å²) >= 11 is 0. The lowest BCUT2D eigenvalue weighted by molar-refractivity contribution is 0.259. The molecule has 224 valence electrons. The molecule has 0 saturated heterocycles. The van der Waals surface area contributed by atoms with Gasteiger partial charge in [0.05, 0.1) is 47.1 Å². The summed E-state index contributed by atoms with van der Waals surface area (Å²) in [6.07, 6.45) is 1.52. The van der Waals surface area contributed by atoms with Crippen LogP contribution in [0, 0.1) is 17.1 Å². The first-order valence-electron chi connectivity index (χ1n) is 14.1. The van der Waals surface area contributed by atoms with Gasteiger partial charge in [-0.05, 0) is 62.2 Å². The minimum absolute atomic E-state index is 0.125. The van der Waals surface area contributed by atoms with Gasteiger partial charge >= 0.3 is 0 Å². The topological polar surface area (TPSA) is 134 Å². The molecule has 0 spiro atoms. The van der Waals surface area contributed by atoms with Gasteiger partial charge in [0.1, 0.15) is 11.5 Å². The number of nitrogens with zero attached hydrogens (tertiary/aromatic N) is 7. The van der Waals surface area contributed by atoms with E-state index in [9.17, 15) is 20.0 Å². The number of hydrogen-bond acceptors (Lipinski definition) is 8. The van der Waals surface area contributed by atoms with Crippen LogP contribution in [0.1, 0.15) is 30.7 Å². The summed E-state index contributed by atoms with van der Waals surface area (Å²) in [5.41, 5.74) is 1.42. The van der Waals surface area contributed by atoms with Crippen LogP contribution in [0.15, 0.2) is 64.3 Å². The quantitative estimate of drug-likeness (QED) is 0.305. The number of anilines is 2. The van der Waals surface area contributed by atoms with E-state index in [2.05, 4.69) is 26.5 Å². The van der Waals surface area contributed by atoms with Gasteiger partial charge in [-0.3, -0.25) is 23.7 Å². The smallest absolute Gasteiger partial charge is 0.290 e. The van der Waals surface area contributed by atoms with Gasteiger partial charge in [-0.15, -0.1) is 0 Å². The normalized spacial score (nSPS) is 13.6. The lowest BCUT2D eigenvalue weighted by Gasteiger charge is -2.22. The SMILES string of the molecule is CN1CCn2nc(Nc3cc(-c4cccc(-n5ccc6cc(C(C)(C)C#N)cc(F)c6c5=O)c4CO)nn(C)c3=O)cc2C1. The number of rotatable bonds is 6. The van der Waals surface area contributed by atoms with Crippen molar-refractivity contribution in [3.63, 3.8) is 0 Å². The first-order chi connectivity index (χ1) is 21.0. The van der Waals surface area contributed by atoms with Crippen LogP contribution in [0.4, 0.5) is 15.9 Å². The minimum atomic E-state index is -0.938. The van der Waals surface area contributed by atoms with Gasteiger partial charge in [0, 0.05) is 43.5 Å². The monoisotopic (exact) mass is 594 g/mol. The number of aliphatic hydroxyl groups excluding tert-OH is 1. The molecule has 44 heavy (non-hydrogen) atoms. The van der Waals surface area contributed by atoms with Gasteiger partial charge in [-0.1, -0.05) is 12.1 Å². The second-order valence-corrected chi connectivity index (χ2v) is 11.6. The van der Waals surface area contributed by atoms with Crippen LogP contribution in [0.2, 0.25) is 0 Å². The van der Waals surface area contributed by atoms with Crippen molar-refractivity contribution in [1.82, 2.24) is 29.0 Å². The summed E-state index contributed by atoms with van der Waals surface area (Å²) in [5, 5.41) is 32.4. The van der Waals surface area contributed by atoms with Gasteiger partial charge in [-0.25, -0.2) is 9.07 Å². The summed E-state index contributed by atoms with van der Waals surface area (Å²) in [6, 6.07) is 15.2. The molecular formula is C32H31FN8O3. The van der Waals surface area contributed by atoms with E-state index in [4.69, 9.17) is 0 Å². The molecule has 12 heteroatoms. The lowest BCUT2D eigenvalue weighted by Crippen LogP contribution is -2.30. The number of hydrogen-bond donors (Lipinski definition) is 2.